The normalized spacial score (nSPS) is 12.2. The summed E-state index contributed by atoms with van der Waals surface area (Å²) in [6.45, 7) is 3.78. The van der Waals surface area contributed by atoms with E-state index in [0.29, 0.717) is 13.1 Å². The Labute approximate surface area is 142 Å². The van der Waals surface area contributed by atoms with E-state index in [1.807, 2.05) is 67.6 Å². The molecule has 0 bridgehead atoms. The molecule has 0 saturated carbocycles. The van der Waals surface area contributed by atoms with E-state index in [1.54, 1.807) is 4.80 Å². The zero-order chi connectivity index (χ0) is 16.8. The van der Waals surface area contributed by atoms with Crippen molar-refractivity contribution in [2.24, 2.45) is 0 Å². The van der Waals surface area contributed by atoms with Gasteiger partial charge in [0.15, 0.2) is 0 Å². The van der Waals surface area contributed by atoms with Gasteiger partial charge >= 0.3 is 0 Å². The first kappa shape index (κ1) is 16.4. The maximum absolute atomic E-state index is 10.2. The monoisotopic (exact) mass is 322 g/mol. The topological polar surface area (TPSA) is 63.0 Å². The fraction of sp³-hybridized carbons (Fsp3) is 0.263. The van der Waals surface area contributed by atoms with Crippen molar-refractivity contribution in [2.75, 3.05) is 6.54 Å². The minimum atomic E-state index is -0.535. The molecular formula is C19H22N4O. The van der Waals surface area contributed by atoms with Gasteiger partial charge in [-0.3, -0.25) is 0 Å². The van der Waals surface area contributed by atoms with Crippen molar-refractivity contribution < 1.29 is 5.11 Å². The first-order valence-electron chi connectivity index (χ1n) is 8.21. The summed E-state index contributed by atoms with van der Waals surface area (Å²) in [7, 11) is 0. The third kappa shape index (κ3) is 3.88. The van der Waals surface area contributed by atoms with Gasteiger partial charge in [-0.1, -0.05) is 60.7 Å². The number of aliphatic hydroxyl groups excluding tert-OH is 1. The molecule has 1 atom stereocenters. The number of benzene rings is 2. The standard InChI is InChI=1S/C19H22N4O/c1-2-23-21-17(19(22-23)16-11-7-4-8-12-16)13-20-14-18(24)15-9-5-3-6-10-15/h3-12,18,20,24H,2,13-14H2,1H3/t18-/m0/s1. The van der Waals surface area contributed by atoms with E-state index < -0.39 is 6.10 Å². The second-order valence-electron chi connectivity index (χ2n) is 5.61. The van der Waals surface area contributed by atoms with Crippen molar-refractivity contribution in [2.45, 2.75) is 26.1 Å². The number of aliphatic hydroxyl groups is 1. The molecule has 2 N–H and O–H groups in total. The summed E-state index contributed by atoms with van der Waals surface area (Å²) in [5.74, 6) is 0. The Hall–Kier alpha value is -2.50. The quantitative estimate of drug-likeness (QED) is 0.702. The van der Waals surface area contributed by atoms with Gasteiger partial charge in [0.2, 0.25) is 0 Å². The van der Waals surface area contributed by atoms with Crippen molar-refractivity contribution in [3.05, 3.63) is 71.9 Å². The molecule has 0 aliphatic heterocycles. The highest BCUT2D eigenvalue weighted by molar-refractivity contribution is 5.60. The van der Waals surface area contributed by atoms with Gasteiger partial charge in [-0.15, -0.1) is 0 Å². The van der Waals surface area contributed by atoms with Crippen molar-refractivity contribution in [3.63, 3.8) is 0 Å². The molecule has 1 aromatic heterocycles. The summed E-state index contributed by atoms with van der Waals surface area (Å²) < 4.78 is 0. The summed E-state index contributed by atoms with van der Waals surface area (Å²) in [6, 6.07) is 19.7. The molecule has 0 aliphatic rings. The summed E-state index contributed by atoms with van der Waals surface area (Å²) in [4.78, 5) is 1.70. The van der Waals surface area contributed by atoms with Crippen LogP contribution in [-0.4, -0.2) is 26.6 Å². The molecule has 0 unspecified atom stereocenters. The molecule has 1 heterocycles. The summed E-state index contributed by atoms with van der Waals surface area (Å²) >= 11 is 0. The number of nitrogens with one attached hydrogen (secondary N) is 1. The van der Waals surface area contributed by atoms with Crippen molar-refractivity contribution in [3.8, 4) is 11.3 Å². The van der Waals surface area contributed by atoms with Crippen LogP contribution in [-0.2, 0) is 13.1 Å². The van der Waals surface area contributed by atoms with Crippen molar-refractivity contribution in [1.29, 1.82) is 0 Å². The van der Waals surface area contributed by atoms with Crippen LogP contribution in [0.4, 0.5) is 0 Å². The number of hydrogen-bond acceptors (Lipinski definition) is 4. The molecule has 124 valence electrons. The highest BCUT2D eigenvalue weighted by atomic mass is 16.3. The smallest absolute Gasteiger partial charge is 0.117 e. The fourth-order valence-corrected chi connectivity index (χ4v) is 2.58. The predicted molar refractivity (Wildman–Crippen MR) is 94.2 cm³/mol. The fourth-order valence-electron chi connectivity index (χ4n) is 2.58. The second kappa shape index (κ2) is 7.86. The number of rotatable bonds is 7. The van der Waals surface area contributed by atoms with Crippen LogP contribution in [0, 0.1) is 0 Å². The van der Waals surface area contributed by atoms with Gasteiger partial charge in [0.1, 0.15) is 11.4 Å². The third-order valence-electron chi connectivity index (χ3n) is 3.87. The van der Waals surface area contributed by atoms with Gasteiger partial charge in [-0.05, 0) is 12.5 Å². The van der Waals surface area contributed by atoms with E-state index in [2.05, 4.69) is 15.5 Å². The highest BCUT2D eigenvalue weighted by Crippen LogP contribution is 2.20. The van der Waals surface area contributed by atoms with E-state index >= 15 is 0 Å². The number of hydrogen-bond donors (Lipinski definition) is 2. The van der Waals surface area contributed by atoms with Crippen LogP contribution >= 0.6 is 0 Å². The van der Waals surface area contributed by atoms with E-state index in [-0.39, 0.29) is 0 Å². The minimum absolute atomic E-state index is 0.469. The summed E-state index contributed by atoms with van der Waals surface area (Å²) in [6.07, 6.45) is -0.535. The Bertz CT molecular complexity index is 756. The van der Waals surface area contributed by atoms with E-state index in [1.165, 1.54) is 0 Å². The van der Waals surface area contributed by atoms with Crippen LogP contribution in [0.25, 0.3) is 11.3 Å². The molecule has 24 heavy (non-hydrogen) atoms. The lowest BCUT2D eigenvalue weighted by molar-refractivity contribution is 0.174. The average molecular weight is 322 g/mol. The van der Waals surface area contributed by atoms with Crippen LogP contribution in [0.2, 0.25) is 0 Å². The summed E-state index contributed by atoms with van der Waals surface area (Å²) in [5, 5.41) is 22.6. The van der Waals surface area contributed by atoms with E-state index in [4.69, 9.17) is 0 Å². The zero-order valence-corrected chi connectivity index (χ0v) is 13.8. The Balaban J connectivity index is 1.68. The maximum Gasteiger partial charge on any atom is 0.117 e. The third-order valence-corrected chi connectivity index (χ3v) is 3.87. The predicted octanol–water partition coefficient (Wildman–Crippen LogP) is 2.79. The number of aryl methyl sites for hydroxylation is 1. The Morgan fingerprint density at radius 2 is 1.67 bits per heavy atom. The van der Waals surface area contributed by atoms with Crippen LogP contribution in [0.3, 0.4) is 0 Å². The average Bonchev–Trinajstić information content (AvgIpc) is 3.06. The Morgan fingerprint density at radius 1 is 1.00 bits per heavy atom. The first-order chi connectivity index (χ1) is 11.8. The summed E-state index contributed by atoms with van der Waals surface area (Å²) in [5.41, 5.74) is 3.74. The van der Waals surface area contributed by atoms with Gasteiger partial charge in [0.25, 0.3) is 0 Å². The Morgan fingerprint density at radius 3 is 2.33 bits per heavy atom. The van der Waals surface area contributed by atoms with Crippen molar-refractivity contribution in [1.82, 2.24) is 20.3 Å². The zero-order valence-electron chi connectivity index (χ0n) is 13.8. The molecule has 0 amide bonds. The lowest BCUT2D eigenvalue weighted by Gasteiger charge is -2.11. The van der Waals surface area contributed by atoms with Crippen LogP contribution < -0.4 is 5.32 Å². The molecule has 3 aromatic rings. The lowest BCUT2D eigenvalue weighted by Crippen LogP contribution is -2.21. The van der Waals surface area contributed by atoms with E-state index in [9.17, 15) is 5.11 Å². The van der Waals surface area contributed by atoms with Gasteiger partial charge < -0.3 is 10.4 Å². The molecule has 0 saturated heterocycles. The lowest BCUT2D eigenvalue weighted by atomic mass is 10.1. The van der Waals surface area contributed by atoms with Gasteiger partial charge in [0, 0.05) is 18.7 Å². The Kier molecular flexibility index (Phi) is 5.36. The highest BCUT2D eigenvalue weighted by Gasteiger charge is 2.13. The van der Waals surface area contributed by atoms with Crippen LogP contribution in [0.15, 0.2) is 60.7 Å². The molecule has 5 heteroatoms. The number of nitrogens with zero attached hydrogens (tertiary/aromatic N) is 3. The molecule has 0 fully saturated rings. The van der Waals surface area contributed by atoms with Gasteiger partial charge in [0.05, 0.1) is 12.6 Å². The van der Waals surface area contributed by atoms with E-state index in [0.717, 1.165) is 29.1 Å². The molecule has 0 aliphatic carbocycles. The van der Waals surface area contributed by atoms with Crippen LogP contribution in [0.5, 0.6) is 0 Å². The molecule has 2 aromatic carbocycles. The van der Waals surface area contributed by atoms with Crippen molar-refractivity contribution >= 4 is 0 Å². The molecular weight excluding hydrogens is 300 g/mol. The molecule has 3 rings (SSSR count). The minimum Gasteiger partial charge on any atom is -0.387 e. The first-order valence-corrected chi connectivity index (χ1v) is 8.21. The maximum atomic E-state index is 10.2. The molecule has 5 nitrogen and oxygen atoms in total. The van der Waals surface area contributed by atoms with Crippen LogP contribution in [0.1, 0.15) is 24.3 Å². The molecule has 0 radical (unpaired) electrons. The molecule has 0 spiro atoms. The SMILES string of the molecule is CCn1nc(CNC[C@H](O)c2ccccc2)c(-c2ccccc2)n1. The second-order valence-corrected chi connectivity index (χ2v) is 5.61. The van der Waals surface area contributed by atoms with Gasteiger partial charge in [-0.2, -0.15) is 15.0 Å². The van der Waals surface area contributed by atoms with Gasteiger partial charge in [-0.25, -0.2) is 0 Å². The largest absolute Gasteiger partial charge is 0.387 e. The number of aromatic nitrogens is 3.